The number of benzene rings is 1. The zero-order valence-corrected chi connectivity index (χ0v) is 16.8. The smallest absolute Gasteiger partial charge is 0.232 e. The fourth-order valence-electron chi connectivity index (χ4n) is 5.07. The van der Waals surface area contributed by atoms with E-state index in [2.05, 4.69) is 17.2 Å². The molecule has 1 aromatic heterocycles. The number of fused-ring (bicyclic) bond motifs is 2. The van der Waals surface area contributed by atoms with Gasteiger partial charge in [-0.15, -0.1) is 5.10 Å². The Hall–Kier alpha value is -2.70. The Bertz CT molecular complexity index is 931. The van der Waals surface area contributed by atoms with Crippen LogP contribution in [0.2, 0.25) is 0 Å². The van der Waals surface area contributed by atoms with Crippen LogP contribution in [0.25, 0.3) is 0 Å². The maximum absolute atomic E-state index is 13.6. The van der Waals surface area contributed by atoms with Gasteiger partial charge in [0.2, 0.25) is 11.8 Å². The first-order valence-corrected chi connectivity index (χ1v) is 10.7. The molecule has 2 aliphatic heterocycles. The van der Waals surface area contributed by atoms with Crippen molar-refractivity contribution in [3.63, 3.8) is 0 Å². The molecule has 1 aliphatic carbocycles. The number of hydrogen-bond donors (Lipinski definition) is 0. The predicted molar refractivity (Wildman–Crippen MR) is 108 cm³/mol. The van der Waals surface area contributed by atoms with Crippen molar-refractivity contribution in [1.29, 1.82) is 0 Å². The van der Waals surface area contributed by atoms with Crippen LogP contribution in [-0.2, 0) is 22.7 Å². The van der Waals surface area contributed by atoms with Crippen molar-refractivity contribution in [3.05, 3.63) is 41.7 Å². The first kappa shape index (κ1) is 18.3. The highest BCUT2D eigenvalue weighted by atomic mass is 16.2. The van der Waals surface area contributed by atoms with Crippen LogP contribution in [-0.4, -0.2) is 44.3 Å². The van der Waals surface area contributed by atoms with Crippen molar-refractivity contribution in [2.75, 3.05) is 11.4 Å². The molecular weight excluding hydrogens is 366 g/mol. The van der Waals surface area contributed by atoms with Gasteiger partial charge in [-0.25, -0.2) is 4.68 Å². The molecule has 3 heterocycles. The van der Waals surface area contributed by atoms with E-state index in [1.807, 2.05) is 38.7 Å². The summed E-state index contributed by atoms with van der Waals surface area (Å²) in [6, 6.07) is 8.26. The van der Waals surface area contributed by atoms with Gasteiger partial charge >= 0.3 is 0 Å². The summed E-state index contributed by atoms with van der Waals surface area (Å²) in [5.74, 6) is 0.635. The third-order valence-electron chi connectivity index (χ3n) is 6.82. The molecule has 1 atom stereocenters. The lowest BCUT2D eigenvalue weighted by Gasteiger charge is -2.34. The summed E-state index contributed by atoms with van der Waals surface area (Å²) < 4.78 is 1.85. The molecule has 1 aromatic carbocycles. The van der Waals surface area contributed by atoms with Gasteiger partial charge in [-0.05, 0) is 43.2 Å². The minimum atomic E-state index is -0.280. The van der Waals surface area contributed by atoms with Gasteiger partial charge in [0.15, 0.2) is 0 Å². The summed E-state index contributed by atoms with van der Waals surface area (Å²) in [5.41, 5.74) is 2.88. The Labute approximate surface area is 170 Å². The third kappa shape index (κ3) is 3.32. The Kier molecular flexibility index (Phi) is 4.60. The van der Waals surface area contributed by atoms with Crippen molar-refractivity contribution in [3.8, 4) is 0 Å². The van der Waals surface area contributed by atoms with E-state index in [1.165, 1.54) is 12.8 Å². The Morgan fingerprint density at radius 2 is 1.90 bits per heavy atom. The lowest BCUT2D eigenvalue weighted by atomic mass is 9.86. The minimum Gasteiger partial charge on any atom is -0.339 e. The van der Waals surface area contributed by atoms with Gasteiger partial charge in [-0.1, -0.05) is 30.3 Å². The average molecular weight is 393 g/mol. The lowest BCUT2D eigenvalue weighted by molar-refractivity contribution is -0.130. The largest absolute Gasteiger partial charge is 0.339 e. The molecule has 0 spiro atoms. The van der Waals surface area contributed by atoms with Crippen LogP contribution in [0.3, 0.4) is 0 Å². The monoisotopic (exact) mass is 393 g/mol. The second-order valence-corrected chi connectivity index (χ2v) is 8.80. The summed E-state index contributed by atoms with van der Waals surface area (Å²) >= 11 is 0. The third-order valence-corrected chi connectivity index (χ3v) is 6.82. The van der Waals surface area contributed by atoms with Crippen molar-refractivity contribution >= 4 is 17.5 Å². The maximum Gasteiger partial charge on any atom is 0.232 e. The van der Waals surface area contributed by atoms with E-state index >= 15 is 0 Å². The predicted octanol–water partition coefficient (Wildman–Crippen LogP) is 2.60. The molecule has 1 saturated heterocycles. The van der Waals surface area contributed by atoms with Crippen molar-refractivity contribution < 1.29 is 9.59 Å². The van der Waals surface area contributed by atoms with E-state index in [-0.39, 0.29) is 17.7 Å². The van der Waals surface area contributed by atoms with Crippen LogP contribution in [0.15, 0.2) is 30.5 Å². The molecule has 0 N–H and O–H groups in total. The Morgan fingerprint density at radius 1 is 1.10 bits per heavy atom. The molecule has 7 heteroatoms. The quantitative estimate of drug-likeness (QED) is 0.786. The highest BCUT2D eigenvalue weighted by Crippen LogP contribution is 2.34. The second-order valence-electron chi connectivity index (χ2n) is 8.80. The molecule has 0 bridgehead atoms. The molecule has 1 unspecified atom stereocenters. The van der Waals surface area contributed by atoms with E-state index in [0.29, 0.717) is 32.1 Å². The van der Waals surface area contributed by atoms with Crippen molar-refractivity contribution in [2.24, 2.45) is 11.8 Å². The van der Waals surface area contributed by atoms with E-state index in [9.17, 15) is 9.59 Å². The highest BCUT2D eigenvalue weighted by molar-refractivity contribution is 5.99. The molecule has 7 nitrogen and oxygen atoms in total. The van der Waals surface area contributed by atoms with Crippen LogP contribution in [0.4, 0.5) is 5.69 Å². The Morgan fingerprint density at radius 3 is 2.72 bits per heavy atom. The van der Waals surface area contributed by atoms with Crippen molar-refractivity contribution in [1.82, 2.24) is 19.9 Å². The first-order chi connectivity index (χ1) is 14.1. The van der Waals surface area contributed by atoms with Crippen LogP contribution < -0.4 is 4.90 Å². The summed E-state index contributed by atoms with van der Waals surface area (Å²) in [7, 11) is 0. The number of carbonyl (C=O) groups excluding carboxylic acids is 2. The molecule has 5 rings (SSSR count). The van der Waals surface area contributed by atoms with Crippen LogP contribution in [0.5, 0.6) is 0 Å². The second kappa shape index (κ2) is 7.28. The van der Waals surface area contributed by atoms with Crippen LogP contribution in [0.1, 0.15) is 50.3 Å². The van der Waals surface area contributed by atoms with Gasteiger partial charge < -0.3 is 9.80 Å². The lowest BCUT2D eigenvalue weighted by Crippen LogP contribution is -2.41. The molecule has 152 valence electrons. The molecule has 2 amide bonds. The molecular formula is C22H27N5O2. The maximum atomic E-state index is 13.6. The zero-order valence-electron chi connectivity index (χ0n) is 16.8. The molecule has 2 fully saturated rings. The number of para-hydroxylation sites is 1. The summed E-state index contributed by atoms with van der Waals surface area (Å²) in [5, 5.41) is 8.18. The number of nitrogens with zero attached hydrogens (tertiary/aromatic N) is 5. The van der Waals surface area contributed by atoms with Gasteiger partial charge in [0, 0.05) is 24.7 Å². The van der Waals surface area contributed by atoms with Gasteiger partial charge in [-0.2, -0.15) is 0 Å². The van der Waals surface area contributed by atoms with E-state index in [1.54, 1.807) is 6.20 Å². The minimum absolute atomic E-state index is 0.0344. The standard InChI is InChI=1S/C22H27N5O2/c1-15-6-8-18(9-7-15)25-12-17(10-21(25)28)22(29)26-14-19-11-23-24-27(19)13-16-4-2-3-5-20(16)26/h2-5,11,15,17-18H,6-10,12-14H2,1H3. The first-order valence-electron chi connectivity index (χ1n) is 10.7. The zero-order chi connectivity index (χ0) is 20.0. The summed E-state index contributed by atoms with van der Waals surface area (Å²) in [6.45, 7) is 3.87. The van der Waals surface area contributed by atoms with E-state index in [0.717, 1.165) is 35.7 Å². The fourth-order valence-corrected chi connectivity index (χ4v) is 5.07. The number of amides is 2. The average Bonchev–Trinajstić information content (AvgIpc) is 3.29. The van der Waals surface area contributed by atoms with Crippen LogP contribution >= 0.6 is 0 Å². The van der Waals surface area contributed by atoms with Gasteiger partial charge in [0.05, 0.1) is 30.9 Å². The van der Waals surface area contributed by atoms with Gasteiger partial charge in [0.25, 0.3) is 0 Å². The summed E-state index contributed by atoms with van der Waals surface area (Å²) in [4.78, 5) is 30.2. The van der Waals surface area contributed by atoms with Crippen molar-refractivity contribution in [2.45, 2.75) is 58.2 Å². The normalized spacial score (nSPS) is 26.8. The molecule has 3 aliphatic rings. The number of carbonyl (C=O) groups is 2. The number of anilines is 1. The van der Waals surface area contributed by atoms with Gasteiger partial charge in [-0.3, -0.25) is 9.59 Å². The number of likely N-dealkylation sites (tertiary alicyclic amines) is 1. The number of aromatic nitrogens is 3. The Balaban J connectivity index is 1.38. The topological polar surface area (TPSA) is 71.3 Å². The SMILES string of the molecule is CC1CCC(N2CC(C(=O)N3Cc4cnnn4Cc4ccccc43)CC2=O)CC1. The molecule has 1 saturated carbocycles. The van der Waals surface area contributed by atoms with Crippen LogP contribution in [0, 0.1) is 11.8 Å². The molecule has 29 heavy (non-hydrogen) atoms. The molecule has 0 radical (unpaired) electrons. The van der Waals surface area contributed by atoms with Gasteiger partial charge in [0.1, 0.15) is 0 Å². The number of hydrogen-bond acceptors (Lipinski definition) is 4. The van der Waals surface area contributed by atoms with E-state index < -0.39 is 0 Å². The summed E-state index contributed by atoms with van der Waals surface area (Å²) in [6.07, 6.45) is 6.51. The van der Waals surface area contributed by atoms with E-state index in [4.69, 9.17) is 0 Å². The molecule has 2 aromatic rings. The number of rotatable bonds is 2. The fraction of sp³-hybridized carbons (Fsp3) is 0.545. The highest BCUT2D eigenvalue weighted by Gasteiger charge is 2.41.